The van der Waals surface area contributed by atoms with Crippen LogP contribution in [0.5, 0.6) is 0 Å². The van der Waals surface area contributed by atoms with Crippen molar-refractivity contribution in [2.45, 2.75) is 29.4 Å². The molecule has 0 aliphatic carbocycles. The molecule has 0 saturated carbocycles. The van der Waals surface area contributed by atoms with Crippen molar-refractivity contribution in [2.24, 2.45) is 0 Å². The Labute approximate surface area is 157 Å². The predicted molar refractivity (Wildman–Crippen MR) is 106 cm³/mol. The predicted octanol–water partition coefficient (Wildman–Crippen LogP) is 3.73. The van der Waals surface area contributed by atoms with Crippen LogP contribution in [0.3, 0.4) is 0 Å². The number of nitrogens with zero attached hydrogens (tertiary/aromatic N) is 1. The molecule has 0 aromatic heterocycles. The molecule has 1 atom stereocenters. The Morgan fingerprint density at radius 3 is 2.62 bits per heavy atom. The Kier molecular flexibility index (Phi) is 4.84. The normalized spacial score (nSPS) is 19.0. The van der Waals surface area contributed by atoms with Crippen molar-refractivity contribution in [1.29, 1.82) is 0 Å². The highest BCUT2D eigenvalue weighted by atomic mass is 32.2. The second-order valence-electron chi connectivity index (χ2n) is 6.59. The second-order valence-corrected chi connectivity index (χ2v) is 7.83. The van der Waals surface area contributed by atoms with Gasteiger partial charge in [-0.25, -0.2) is 0 Å². The number of para-hydroxylation sites is 1. The summed E-state index contributed by atoms with van der Waals surface area (Å²) in [6, 6.07) is 15.6. The summed E-state index contributed by atoms with van der Waals surface area (Å²) in [5.41, 5.74) is 2.77. The maximum absolute atomic E-state index is 12.4. The van der Waals surface area contributed by atoms with Crippen LogP contribution in [0.4, 0.5) is 17.1 Å². The lowest BCUT2D eigenvalue weighted by Gasteiger charge is -2.23. The number of carbonyl (C=O) groups is 2. The van der Waals surface area contributed by atoms with Gasteiger partial charge in [0.25, 0.3) is 0 Å². The highest BCUT2D eigenvalue weighted by molar-refractivity contribution is 8.01. The Balaban J connectivity index is 1.36. The average molecular weight is 367 g/mol. The molecule has 2 N–H and O–H groups in total. The van der Waals surface area contributed by atoms with E-state index in [1.165, 1.54) is 30.3 Å². The van der Waals surface area contributed by atoms with E-state index >= 15 is 0 Å². The Bertz CT molecular complexity index is 816. The summed E-state index contributed by atoms with van der Waals surface area (Å²) in [4.78, 5) is 27.9. The molecule has 1 saturated heterocycles. The number of thioether (sulfide) groups is 1. The van der Waals surface area contributed by atoms with Crippen molar-refractivity contribution in [3.8, 4) is 0 Å². The number of amides is 2. The van der Waals surface area contributed by atoms with Crippen LogP contribution in [0.2, 0.25) is 0 Å². The first-order valence-electron chi connectivity index (χ1n) is 8.90. The fourth-order valence-corrected chi connectivity index (χ4v) is 4.45. The third-order valence-electron chi connectivity index (χ3n) is 4.70. The summed E-state index contributed by atoms with van der Waals surface area (Å²) in [6.07, 6.45) is 2.63. The molecular weight excluding hydrogens is 346 g/mol. The summed E-state index contributed by atoms with van der Waals surface area (Å²) in [6.45, 7) is 2.20. The first kappa shape index (κ1) is 17.0. The molecular formula is C20H21N3O2S. The molecule has 2 amide bonds. The topological polar surface area (TPSA) is 61.4 Å². The monoisotopic (exact) mass is 367 g/mol. The van der Waals surface area contributed by atoms with Crippen LogP contribution in [0.25, 0.3) is 0 Å². The smallest absolute Gasteiger partial charge is 0.238 e. The van der Waals surface area contributed by atoms with Gasteiger partial charge in [-0.05, 0) is 49.2 Å². The Hall–Kier alpha value is -2.47. The van der Waals surface area contributed by atoms with Gasteiger partial charge in [-0.15, -0.1) is 11.8 Å². The maximum Gasteiger partial charge on any atom is 0.238 e. The van der Waals surface area contributed by atoms with Crippen LogP contribution in [0, 0.1) is 0 Å². The van der Waals surface area contributed by atoms with Gasteiger partial charge in [0, 0.05) is 35.8 Å². The van der Waals surface area contributed by atoms with E-state index in [1.54, 1.807) is 0 Å². The number of anilines is 3. The van der Waals surface area contributed by atoms with Crippen molar-refractivity contribution in [2.75, 3.05) is 28.6 Å². The van der Waals surface area contributed by atoms with E-state index in [2.05, 4.69) is 15.5 Å². The average Bonchev–Trinajstić information content (AvgIpc) is 3.17. The molecule has 134 valence electrons. The minimum atomic E-state index is -0.409. The summed E-state index contributed by atoms with van der Waals surface area (Å²) in [7, 11) is 0. The molecule has 1 fully saturated rings. The zero-order chi connectivity index (χ0) is 17.9. The van der Waals surface area contributed by atoms with E-state index in [4.69, 9.17) is 0 Å². The quantitative estimate of drug-likeness (QED) is 0.864. The lowest BCUT2D eigenvalue weighted by Crippen LogP contribution is -2.32. The van der Waals surface area contributed by atoms with Gasteiger partial charge in [-0.1, -0.05) is 12.1 Å². The number of nitrogens with one attached hydrogen (secondary N) is 2. The lowest BCUT2D eigenvalue weighted by molar-refractivity contribution is -0.120. The molecule has 2 aromatic rings. The van der Waals surface area contributed by atoms with Gasteiger partial charge in [0.1, 0.15) is 0 Å². The molecule has 6 heteroatoms. The minimum absolute atomic E-state index is 0.117. The third-order valence-corrected chi connectivity index (χ3v) is 5.97. The highest BCUT2D eigenvalue weighted by Crippen LogP contribution is 2.36. The molecule has 0 radical (unpaired) electrons. The summed E-state index contributed by atoms with van der Waals surface area (Å²) < 4.78 is 0. The van der Waals surface area contributed by atoms with Crippen molar-refractivity contribution in [3.63, 3.8) is 0 Å². The van der Waals surface area contributed by atoms with Crippen LogP contribution < -0.4 is 15.5 Å². The van der Waals surface area contributed by atoms with Gasteiger partial charge in [0.05, 0.1) is 10.9 Å². The molecule has 0 bridgehead atoms. The van der Waals surface area contributed by atoms with Crippen LogP contribution in [0.1, 0.15) is 19.3 Å². The van der Waals surface area contributed by atoms with Gasteiger partial charge >= 0.3 is 0 Å². The summed E-state index contributed by atoms with van der Waals surface area (Å²) >= 11 is 1.44. The molecule has 26 heavy (non-hydrogen) atoms. The Morgan fingerprint density at radius 1 is 1.12 bits per heavy atom. The summed E-state index contributed by atoms with van der Waals surface area (Å²) in [5, 5.41) is 5.36. The van der Waals surface area contributed by atoms with Crippen molar-refractivity contribution >= 4 is 40.6 Å². The molecule has 0 unspecified atom stereocenters. The van der Waals surface area contributed by atoms with E-state index < -0.39 is 5.25 Å². The molecule has 4 rings (SSSR count). The van der Waals surface area contributed by atoms with Crippen molar-refractivity contribution < 1.29 is 9.59 Å². The van der Waals surface area contributed by atoms with Gasteiger partial charge in [0.15, 0.2) is 0 Å². The first-order valence-corrected chi connectivity index (χ1v) is 9.78. The molecule has 0 spiro atoms. The number of carbonyl (C=O) groups excluding carboxylic acids is 2. The number of benzene rings is 2. The number of hydrogen-bond acceptors (Lipinski definition) is 4. The molecule has 5 nitrogen and oxygen atoms in total. The molecule has 2 heterocycles. The van der Waals surface area contributed by atoms with E-state index in [0.717, 1.165) is 29.4 Å². The third kappa shape index (κ3) is 3.70. The molecule has 2 aliphatic heterocycles. The van der Waals surface area contributed by atoms with Crippen LogP contribution in [0.15, 0.2) is 53.4 Å². The fourth-order valence-electron chi connectivity index (χ4n) is 3.34. The van der Waals surface area contributed by atoms with Gasteiger partial charge in [-0.2, -0.15) is 0 Å². The summed E-state index contributed by atoms with van der Waals surface area (Å²) in [5.74, 6) is -0.265. The van der Waals surface area contributed by atoms with Crippen LogP contribution in [-0.4, -0.2) is 30.2 Å². The lowest BCUT2D eigenvalue weighted by atomic mass is 10.2. The van der Waals surface area contributed by atoms with Crippen molar-refractivity contribution in [3.05, 3.63) is 48.5 Å². The van der Waals surface area contributed by atoms with Gasteiger partial charge in [-0.3, -0.25) is 9.59 Å². The number of rotatable bonds is 4. The number of hydrogen-bond donors (Lipinski definition) is 2. The van der Waals surface area contributed by atoms with Crippen molar-refractivity contribution in [1.82, 2.24) is 0 Å². The van der Waals surface area contributed by atoms with Gasteiger partial charge < -0.3 is 15.5 Å². The van der Waals surface area contributed by atoms with E-state index in [0.29, 0.717) is 0 Å². The largest absolute Gasteiger partial charge is 0.372 e. The van der Waals surface area contributed by atoms with Crippen LogP contribution in [-0.2, 0) is 9.59 Å². The highest BCUT2D eigenvalue weighted by Gasteiger charge is 2.28. The van der Waals surface area contributed by atoms with E-state index in [-0.39, 0.29) is 18.2 Å². The minimum Gasteiger partial charge on any atom is -0.372 e. The maximum atomic E-state index is 12.4. The number of fused-ring (bicyclic) bond motifs is 1. The zero-order valence-corrected chi connectivity index (χ0v) is 15.2. The Morgan fingerprint density at radius 2 is 1.85 bits per heavy atom. The first-order chi connectivity index (χ1) is 12.7. The SMILES string of the molecule is O=C(C[C@@H]1Sc2ccccc2NC1=O)Nc1ccc(N2CCCC2)cc1. The molecule has 2 aliphatic rings. The van der Waals surface area contributed by atoms with E-state index in [1.807, 2.05) is 48.5 Å². The standard InChI is InChI=1S/C20H21N3O2S/c24-19(13-18-20(25)22-16-5-1-2-6-17(16)26-18)21-14-7-9-15(10-8-14)23-11-3-4-12-23/h1-2,5-10,18H,3-4,11-13H2,(H,21,24)(H,22,25)/t18-/m0/s1. The fraction of sp³-hybridized carbons (Fsp3) is 0.300. The zero-order valence-electron chi connectivity index (χ0n) is 14.4. The van der Waals surface area contributed by atoms with Crippen LogP contribution >= 0.6 is 11.8 Å². The van der Waals surface area contributed by atoms with E-state index in [9.17, 15) is 9.59 Å². The second kappa shape index (κ2) is 7.41. The van der Waals surface area contributed by atoms with Gasteiger partial charge in [0.2, 0.25) is 11.8 Å². The molecule has 2 aromatic carbocycles.